The topological polar surface area (TPSA) is 83.1 Å². The van der Waals surface area contributed by atoms with Gasteiger partial charge in [-0.25, -0.2) is 9.59 Å². The zero-order valence-corrected chi connectivity index (χ0v) is 22.0. The molecule has 9 heteroatoms. The molecule has 1 aromatic carbocycles. The second kappa shape index (κ2) is 10.1. The van der Waals surface area contributed by atoms with Gasteiger partial charge in [0.2, 0.25) is 0 Å². The third-order valence-corrected chi connectivity index (χ3v) is 10.1. The number of nitrogens with one attached hydrogen (secondary N) is 1. The Hall–Kier alpha value is -1.58. The molecule has 170 valence electrons. The van der Waals surface area contributed by atoms with Gasteiger partial charge in [0.15, 0.2) is 8.32 Å². The van der Waals surface area contributed by atoms with Gasteiger partial charge in [-0.05, 0) is 60.9 Å². The molecule has 0 aliphatic carbocycles. The minimum absolute atomic E-state index is 0.100. The van der Waals surface area contributed by atoms with E-state index in [0.717, 1.165) is 0 Å². The number of hydrogen-bond donors (Lipinski definition) is 1. The highest BCUT2D eigenvalue weighted by atomic mass is 79.9. The highest BCUT2D eigenvalue weighted by Crippen LogP contribution is 2.37. The number of ether oxygens (including phenoxy) is 3. The van der Waals surface area contributed by atoms with Crippen molar-refractivity contribution in [1.82, 2.24) is 0 Å². The average Bonchev–Trinajstić information content (AvgIpc) is 2.57. The standard InChI is InChI=1S/C21H34BrNO6Si/c1-20(2,3)29-19(25)23-14-12-15(18(24)26-7)17(22)16(13-14)27-10-11-28-30(8,9)21(4,5)6/h12-13H,10-11H2,1-9H3,(H,23,25). The molecule has 0 saturated heterocycles. The molecule has 0 bridgehead atoms. The summed E-state index contributed by atoms with van der Waals surface area (Å²) in [6, 6.07) is 3.12. The zero-order chi connectivity index (χ0) is 23.3. The first-order valence-corrected chi connectivity index (χ1v) is 13.5. The van der Waals surface area contributed by atoms with Gasteiger partial charge in [0.05, 0.1) is 23.8 Å². The summed E-state index contributed by atoms with van der Waals surface area (Å²) in [5, 5.41) is 2.73. The number of hydrogen-bond acceptors (Lipinski definition) is 6. The lowest BCUT2D eigenvalue weighted by atomic mass is 10.2. The highest BCUT2D eigenvalue weighted by molar-refractivity contribution is 9.10. The van der Waals surface area contributed by atoms with E-state index >= 15 is 0 Å². The van der Waals surface area contributed by atoms with Gasteiger partial charge in [-0.15, -0.1) is 0 Å². The van der Waals surface area contributed by atoms with E-state index in [9.17, 15) is 9.59 Å². The second-order valence-corrected chi connectivity index (χ2v) is 15.0. The first-order chi connectivity index (χ1) is 13.6. The molecular formula is C21H34BrNO6Si. The quantitative estimate of drug-likeness (QED) is 0.279. The molecule has 0 saturated carbocycles. The number of methoxy groups -OCH3 is 1. The summed E-state index contributed by atoms with van der Waals surface area (Å²) in [4.78, 5) is 24.3. The van der Waals surface area contributed by atoms with E-state index in [1.54, 1.807) is 26.8 Å². The molecule has 0 radical (unpaired) electrons. The summed E-state index contributed by atoms with van der Waals surface area (Å²) in [5.74, 6) is -0.167. The largest absolute Gasteiger partial charge is 0.490 e. The summed E-state index contributed by atoms with van der Waals surface area (Å²) >= 11 is 3.39. The smallest absolute Gasteiger partial charge is 0.412 e. The van der Waals surface area contributed by atoms with E-state index in [4.69, 9.17) is 18.6 Å². The molecule has 30 heavy (non-hydrogen) atoms. The number of anilines is 1. The Morgan fingerprint density at radius 3 is 2.17 bits per heavy atom. The van der Waals surface area contributed by atoms with Gasteiger partial charge in [0.25, 0.3) is 0 Å². The van der Waals surface area contributed by atoms with Crippen molar-refractivity contribution in [2.24, 2.45) is 0 Å². The molecule has 0 aliphatic rings. The van der Waals surface area contributed by atoms with Crippen molar-refractivity contribution >= 4 is 42.0 Å². The van der Waals surface area contributed by atoms with Crippen molar-refractivity contribution in [2.45, 2.75) is 65.3 Å². The number of esters is 1. The van der Waals surface area contributed by atoms with Crippen LogP contribution in [0.15, 0.2) is 16.6 Å². The van der Waals surface area contributed by atoms with Crippen LogP contribution < -0.4 is 10.1 Å². The maximum Gasteiger partial charge on any atom is 0.412 e. The molecule has 0 spiro atoms. The molecule has 0 atom stereocenters. The lowest BCUT2D eigenvalue weighted by Gasteiger charge is -2.36. The van der Waals surface area contributed by atoms with Crippen molar-refractivity contribution in [3.05, 3.63) is 22.2 Å². The van der Waals surface area contributed by atoms with E-state index in [1.807, 2.05) is 0 Å². The molecule has 1 N–H and O–H groups in total. The molecule has 1 aromatic rings. The van der Waals surface area contributed by atoms with E-state index < -0.39 is 26.0 Å². The van der Waals surface area contributed by atoms with Crippen LogP contribution in [0.4, 0.5) is 10.5 Å². The van der Waals surface area contributed by atoms with Crippen LogP contribution in [0.3, 0.4) is 0 Å². The molecule has 1 amide bonds. The second-order valence-electron chi connectivity index (χ2n) is 9.41. The number of halogens is 1. The molecular weight excluding hydrogens is 470 g/mol. The lowest BCUT2D eigenvalue weighted by Crippen LogP contribution is -2.41. The Kier molecular flexibility index (Phi) is 8.95. The molecule has 0 aliphatic heterocycles. The fourth-order valence-electron chi connectivity index (χ4n) is 2.12. The predicted molar refractivity (Wildman–Crippen MR) is 124 cm³/mol. The summed E-state index contributed by atoms with van der Waals surface area (Å²) in [5.41, 5.74) is -0.0649. The van der Waals surface area contributed by atoms with Crippen LogP contribution in [-0.4, -0.2) is 46.3 Å². The normalized spacial score (nSPS) is 12.3. The fourth-order valence-corrected chi connectivity index (χ4v) is 3.65. The summed E-state index contributed by atoms with van der Waals surface area (Å²) in [6.45, 7) is 16.9. The van der Waals surface area contributed by atoms with Gasteiger partial charge in [0, 0.05) is 11.8 Å². The third kappa shape index (κ3) is 7.92. The highest BCUT2D eigenvalue weighted by Gasteiger charge is 2.37. The number of benzene rings is 1. The maximum atomic E-state index is 12.2. The number of carbonyl (C=O) groups is 2. The van der Waals surface area contributed by atoms with Crippen LogP contribution in [-0.2, 0) is 13.9 Å². The molecule has 0 aromatic heterocycles. The Morgan fingerprint density at radius 1 is 1.07 bits per heavy atom. The van der Waals surface area contributed by atoms with Gasteiger partial charge >= 0.3 is 12.1 Å². The number of amides is 1. The Bertz CT molecular complexity index is 768. The monoisotopic (exact) mass is 503 g/mol. The van der Waals surface area contributed by atoms with E-state index in [-0.39, 0.29) is 10.6 Å². The number of carbonyl (C=O) groups excluding carboxylic acids is 2. The van der Waals surface area contributed by atoms with Crippen molar-refractivity contribution in [3.63, 3.8) is 0 Å². The van der Waals surface area contributed by atoms with Crippen LogP contribution in [0.2, 0.25) is 18.1 Å². The molecule has 0 heterocycles. The van der Waals surface area contributed by atoms with E-state index in [1.165, 1.54) is 13.2 Å². The fraction of sp³-hybridized carbons (Fsp3) is 0.619. The van der Waals surface area contributed by atoms with Crippen molar-refractivity contribution in [2.75, 3.05) is 25.6 Å². The van der Waals surface area contributed by atoms with Crippen LogP contribution in [0.25, 0.3) is 0 Å². The average molecular weight is 504 g/mol. The SMILES string of the molecule is COC(=O)c1cc(NC(=O)OC(C)(C)C)cc(OCCO[Si](C)(C)C(C)(C)C)c1Br. The first-order valence-electron chi connectivity index (χ1n) is 9.76. The van der Waals surface area contributed by atoms with Gasteiger partial charge in [-0.2, -0.15) is 0 Å². The van der Waals surface area contributed by atoms with Gasteiger partial charge in [-0.3, -0.25) is 5.32 Å². The first kappa shape index (κ1) is 26.5. The van der Waals surface area contributed by atoms with Crippen molar-refractivity contribution < 1.29 is 28.2 Å². The third-order valence-electron chi connectivity index (χ3n) is 4.70. The van der Waals surface area contributed by atoms with Crippen molar-refractivity contribution in [1.29, 1.82) is 0 Å². The van der Waals surface area contributed by atoms with Crippen LogP contribution in [0.5, 0.6) is 5.75 Å². The summed E-state index contributed by atoms with van der Waals surface area (Å²) in [7, 11) is -0.598. The molecule has 0 unspecified atom stereocenters. The van der Waals surface area contributed by atoms with Gasteiger partial charge in [0.1, 0.15) is 18.0 Å². The number of rotatable bonds is 7. The molecule has 7 nitrogen and oxygen atoms in total. The summed E-state index contributed by atoms with van der Waals surface area (Å²) in [6.07, 6.45) is -0.632. The minimum atomic E-state index is -1.89. The van der Waals surface area contributed by atoms with E-state index in [2.05, 4.69) is 55.1 Å². The molecule has 1 rings (SSSR count). The maximum absolute atomic E-state index is 12.2. The summed E-state index contributed by atoms with van der Waals surface area (Å²) < 4.78 is 22.5. The Morgan fingerprint density at radius 2 is 1.67 bits per heavy atom. The van der Waals surface area contributed by atoms with Gasteiger partial charge in [-0.1, -0.05) is 20.8 Å². The molecule has 0 fully saturated rings. The van der Waals surface area contributed by atoms with Crippen LogP contribution >= 0.6 is 15.9 Å². The van der Waals surface area contributed by atoms with Crippen LogP contribution in [0, 0.1) is 0 Å². The Labute approximate surface area is 189 Å². The van der Waals surface area contributed by atoms with Gasteiger partial charge < -0.3 is 18.6 Å². The van der Waals surface area contributed by atoms with E-state index in [0.29, 0.717) is 29.1 Å². The predicted octanol–water partition coefficient (Wildman–Crippen LogP) is 5.98. The zero-order valence-electron chi connectivity index (χ0n) is 19.4. The van der Waals surface area contributed by atoms with Crippen molar-refractivity contribution in [3.8, 4) is 5.75 Å². The Balaban J connectivity index is 2.99. The van der Waals surface area contributed by atoms with Crippen LogP contribution in [0.1, 0.15) is 51.9 Å². The lowest BCUT2D eigenvalue weighted by molar-refractivity contribution is 0.0594. The minimum Gasteiger partial charge on any atom is -0.490 e.